The number of likely N-dealkylation sites (tertiary alicyclic amines) is 1. The van der Waals surface area contributed by atoms with E-state index in [2.05, 4.69) is 37.4 Å². The van der Waals surface area contributed by atoms with Crippen LogP contribution in [0.2, 0.25) is 0 Å². The zero-order valence-electron chi connectivity index (χ0n) is 14.8. The Kier molecular flexibility index (Phi) is 6.05. The second kappa shape index (κ2) is 7.82. The number of hydrogen-bond acceptors (Lipinski definition) is 2. The molecule has 0 aromatic heterocycles. The summed E-state index contributed by atoms with van der Waals surface area (Å²) in [6.07, 6.45) is 2.45. The summed E-state index contributed by atoms with van der Waals surface area (Å²) >= 11 is 0. The standard InChI is InChI=1S/C19H30N2O2/c1-13-8-14(2)10-17(9-13)11-15(3)20-19(23)21-7-5-6-18(12-21)16(4)22/h8-10,15-16,18,22H,5-7,11-12H2,1-4H3,(H,20,23). The fourth-order valence-electron chi connectivity index (χ4n) is 3.48. The molecule has 1 aromatic carbocycles. The molecule has 4 nitrogen and oxygen atoms in total. The summed E-state index contributed by atoms with van der Waals surface area (Å²) in [6, 6.07) is 6.61. The number of aliphatic hydroxyl groups excluding tert-OH is 1. The van der Waals surface area contributed by atoms with Crippen LogP contribution in [0.3, 0.4) is 0 Å². The van der Waals surface area contributed by atoms with E-state index in [0.29, 0.717) is 6.54 Å². The summed E-state index contributed by atoms with van der Waals surface area (Å²) in [7, 11) is 0. The summed E-state index contributed by atoms with van der Waals surface area (Å²) in [4.78, 5) is 14.3. The molecule has 1 fully saturated rings. The molecular formula is C19H30N2O2. The van der Waals surface area contributed by atoms with Gasteiger partial charge in [-0.05, 0) is 52.5 Å². The molecule has 0 bridgehead atoms. The summed E-state index contributed by atoms with van der Waals surface area (Å²) in [5, 5.41) is 12.8. The highest BCUT2D eigenvalue weighted by Crippen LogP contribution is 2.20. The Morgan fingerprint density at radius 2 is 1.96 bits per heavy atom. The maximum Gasteiger partial charge on any atom is 0.317 e. The number of carbonyl (C=O) groups is 1. The lowest BCUT2D eigenvalue weighted by Gasteiger charge is -2.34. The van der Waals surface area contributed by atoms with Crippen molar-refractivity contribution in [2.45, 2.75) is 59.1 Å². The smallest absolute Gasteiger partial charge is 0.317 e. The predicted octanol–water partition coefficient (Wildman–Crippen LogP) is 3.04. The number of carbonyl (C=O) groups excluding carboxylic acids is 1. The number of nitrogens with zero attached hydrogens (tertiary/aromatic N) is 1. The summed E-state index contributed by atoms with van der Waals surface area (Å²) in [5.41, 5.74) is 3.78. The van der Waals surface area contributed by atoms with E-state index in [4.69, 9.17) is 0 Å². The molecule has 0 spiro atoms. The number of nitrogens with one attached hydrogen (secondary N) is 1. The Bertz CT molecular complexity index is 522. The number of rotatable bonds is 4. The van der Waals surface area contributed by atoms with E-state index in [1.54, 1.807) is 0 Å². The average molecular weight is 318 g/mol. The van der Waals surface area contributed by atoms with Gasteiger partial charge in [0.2, 0.25) is 0 Å². The van der Waals surface area contributed by atoms with Gasteiger partial charge < -0.3 is 15.3 Å². The van der Waals surface area contributed by atoms with Crippen LogP contribution in [0.4, 0.5) is 4.79 Å². The van der Waals surface area contributed by atoms with Crippen LogP contribution >= 0.6 is 0 Å². The van der Waals surface area contributed by atoms with Gasteiger partial charge in [-0.3, -0.25) is 0 Å². The van der Waals surface area contributed by atoms with Crippen LogP contribution in [0.5, 0.6) is 0 Å². The molecule has 3 atom stereocenters. The molecule has 1 aromatic rings. The van der Waals surface area contributed by atoms with Gasteiger partial charge in [-0.1, -0.05) is 29.3 Å². The third-order valence-corrected chi connectivity index (χ3v) is 4.62. The predicted molar refractivity (Wildman–Crippen MR) is 93.6 cm³/mol. The van der Waals surface area contributed by atoms with Gasteiger partial charge in [-0.15, -0.1) is 0 Å². The van der Waals surface area contributed by atoms with Crippen molar-refractivity contribution >= 4 is 6.03 Å². The zero-order valence-corrected chi connectivity index (χ0v) is 14.8. The molecule has 128 valence electrons. The Morgan fingerprint density at radius 1 is 1.30 bits per heavy atom. The van der Waals surface area contributed by atoms with Crippen LogP contribution < -0.4 is 5.32 Å². The van der Waals surface area contributed by atoms with Crippen molar-refractivity contribution in [3.05, 3.63) is 34.9 Å². The average Bonchev–Trinajstić information content (AvgIpc) is 2.46. The molecule has 0 saturated carbocycles. The van der Waals surface area contributed by atoms with E-state index in [1.807, 2.05) is 18.7 Å². The summed E-state index contributed by atoms with van der Waals surface area (Å²) in [6.45, 7) is 9.50. The van der Waals surface area contributed by atoms with Gasteiger partial charge in [0.05, 0.1) is 6.10 Å². The van der Waals surface area contributed by atoms with Crippen molar-refractivity contribution in [3.8, 4) is 0 Å². The van der Waals surface area contributed by atoms with E-state index in [1.165, 1.54) is 16.7 Å². The highest BCUT2D eigenvalue weighted by molar-refractivity contribution is 5.74. The minimum absolute atomic E-state index is 0.00720. The Labute approximate surface area is 139 Å². The first-order chi connectivity index (χ1) is 10.8. The number of amides is 2. The first-order valence-electron chi connectivity index (χ1n) is 8.66. The normalized spacial score (nSPS) is 20.9. The SMILES string of the molecule is Cc1cc(C)cc(CC(C)NC(=O)N2CCCC(C(C)O)C2)c1. The number of aryl methyl sites for hydroxylation is 2. The van der Waals surface area contributed by atoms with Gasteiger partial charge in [0.1, 0.15) is 0 Å². The minimum atomic E-state index is -0.349. The highest BCUT2D eigenvalue weighted by Gasteiger charge is 2.26. The van der Waals surface area contributed by atoms with Crippen molar-refractivity contribution in [2.75, 3.05) is 13.1 Å². The number of urea groups is 1. The maximum absolute atomic E-state index is 12.4. The quantitative estimate of drug-likeness (QED) is 0.896. The van der Waals surface area contributed by atoms with Crippen LogP contribution in [-0.2, 0) is 6.42 Å². The van der Waals surface area contributed by atoms with Gasteiger partial charge in [0, 0.05) is 25.0 Å². The molecule has 1 saturated heterocycles. The van der Waals surface area contributed by atoms with Gasteiger partial charge >= 0.3 is 6.03 Å². The molecule has 4 heteroatoms. The van der Waals surface area contributed by atoms with Crippen molar-refractivity contribution < 1.29 is 9.90 Å². The number of aliphatic hydroxyl groups is 1. The Morgan fingerprint density at radius 3 is 2.57 bits per heavy atom. The second-order valence-corrected chi connectivity index (χ2v) is 7.14. The maximum atomic E-state index is 12.4. The Hall–Kier alpha value is -1.55. The minimum Gasteiger partial charge on any atom is -0.393 e. The summed E-state index contributed by atoms with van der Waals surface area (Å²) in [5.74, 6) is 0.198. The van der Waals surface area contributed by atoms with Crippen LogP contribution in [0.15, 0.2) is 18.2 Å². The molecule has 0 radical (unpaired) electrons. The van der Waals surface area contributed by atoms with Gasteiger partial charge in [0.25, 0.3) is 0 Å². The van der Waals surface area contributed by atoms with Crippen molar-refractivity contribution in [3.63, 3.8) is 0 Å². The zero-order chi connectivity index (χ0) is 17.0. The van der Waals surface area contributed by atoms with Crippen LogP contribution in [0.25, 0.3) is 0 Å². The molecule has 2 amide bonds. The van der Waals surface area contributed by atoms with Crippen LogP contribution in [0, 0.1) is 19.8 Å². The molecule has 1 aliphatic heterocycles. The molecular weight excluding hydrogens is 288 g/mol. The second-order valence-electron chi connectivity index (χ2n) is 7.14. The van der Waals surface area contributed by atoms with E-state index in [-0.39, 0.29) is 24.1 Å². The third kappa shape index (κ3) is 5.24. The molecule has 23 heavy (non-hydrogen) atoms. The van der Waals surface area contributed by atoms with E-state index in [0.717, 1.165) is 25.8 Å². The topological polar surface area (TPSA) is 52.6 Å². The van der Waals surface area contributed by atoms with Crippen molar-refractivity contribution in [1.82, 2.24) is 10.2 Å². The lowest BCUT2D eigenvalue weighted by Crippen LogP contribution is -2.49. The largest absolute Gasteiger partial charge is 0.393 e. The van der Waals surface area contributed by atoms with E-state index >= 15 is 0 Å². The first kappa shape index (κ1) is 17.8. The monoisotopic (exact) mass is 318 g/mol. The van der Waals surface area contributed by atoms with Crippen LogP contribution in [0.1, 0.15) is 43.4 Å². The van der Waals surface area contributed by atoms with Crippen LogP contribution in [-0.4, -0.2) is 41.3 Å². The molecule has 1 aliphatic rings. The van der Waals surface area contributed by atoms with Gasteiger partial charge in [-0.2, -0.15) is 0 Å². The molecule has 1 heterocycles. The number of benzene rings is 1. The van der Waals surface area contributed by atoms with Gasteiger partial charge in [0.15, 0.2) is 0 Å². The molecule has 2 rings (SSSR count). The third-order valence-electron chi connectivity index (χ3n) is 4.62. The molecule has 3 unspecified atom stereocenters. The fourth-order valence-corrected chi connectivity index (χ4v) is 3.48. The molecule has 0 aliphatic carbocycles. The van der Waals surface area contributed by atoms with Crippen molar-refractivity contribution in [1.29, 1.82) is 0 Å². The fraction of sp³-hybridized carbons (Fsp3) is 0.632. The van der Waals surface area contributed by atoms with E-state index in [9.17, 15) is 9.90 Å². The highest BCUT2D eigenvalue weighted by atomic mass is 16.3. The van der Waals surface area contributed by atoms with Gasteiger partial charge in [-0.25, -0.2) is 4.79 Å². The lowest BCUT2D eigenvalue weighted by molar-refractivity contribution is 0.0734. The van der Waals surface area contributed by atoms with E-state index < -0.39 is 0 Å². The summed E-state index contributed by atoms with van der Waals surface area (Å²) < 4.78 is 0. The Balaban J connectivity index is 1.89. The number of piperidine rings is 1. The first-order valence-corrected chi connectivity index (χ1v) is 8.66. The van der Waals surface area contributed by atoms with Crippen molar-refractivity contribution in [2.24, 2.45) is 5.92 Å². The molecule has 2 N–H and O–H groups in total. The lowest BCUT2D eigenvalue weighted by atomic mass is 9.93. The number of hydrogen-bond donors (Lipinski definition) is 2.